The molecule has 5 rings (SSSR count). The fraction of sp³-hybridized carbons (Fsp3) is 0.519. The third-order valence-electron chi connectivity index (χ3n) is 7.52. The number of hydrogen-bond donors (Lipinski definition) is 10. The Morgan fingerprint density at radius 3 is 1.86 bits per heavy atom. The Bertz CT molecular complexity index is 1320. The monoisotopic (exact) mass is 612 g/mol. The Kier molecular flexibility index (Phi) is 8.96. The maximum atomic E-state index is 12.9. The molecule has 2 aromatic carbocycles. The lowest BCUT2D eigenvalue weighted by molar-refractivity contribution is -0.277. The van der Waals surface area contributed by atoms with E-state index in [2.05, 4.69) is 0 Å². The Labute approximate surface area is 243 Å². The number of hydrogen-bond acceptors (Lipinski definition) is 16. The van der Waals surface area contributed by atoms with Crippen LogP contribution in [0, 0.1) is 0 Å². The van der Waals surface area contributed by atoms with E-state index in [9.17, 15) is 55.9 Å². The summed E-state index contributed by atoms with van der Waals surface area (Å²) in [6.07, 6.45) is -16.8. The number of rotatable bonds is 7. The number of phenolic OH excluding ortho intramolecular Hbond substituents is 2. The first kappa shape index (κ1) is 31.1. The number of ether oxygens (including phenoxy) is 5. The number of ketones is 1. The quantitative estimate of drug-likeness (QED) is 0.151. The summed E-state index contributed by atoms with van der Waals surface area (Å²) in [5.74, 6) is -1.92. The lowest BCUT2D eigenvalue weighted by Crippen LogP contribution is -2.60. The first-order chi connectivity index (χ1) is 20.4. The zero-order chi connectivity index (χ0) is 31.2. The SMILES string of the molecule is O=C1CC(c2ccc(OC3OC(CO)C(O)C(O)C3O)c(O)c2)Oc2cc(OC3OC(CO)C(O)C(O)C3O)cc(O)c21. The summed E-state index contributed by atoms with van der Waals surface area (Å²) < 4.78 is 27.5. The summed E-state index contributed by atoms with van der Waals surface area (Å²) in [6.45, 7) is -1.35. The van der Waals surface area contributed by atoms with Gasteiger partial charge >= 0.3 is 0 Å². The highest BCUT2D eigenvalue weighted by Gasteiger charge is 2.46. The average Bonchev–Trinajstić information content (AvgIpc) is 2.98. The topological polar surface area (TPSA) is 266 Å². The smallest absolute Gasteiger partial charge is 0.229 e. The highest BCUT2D eigenvalue weighted by Crippen LogP contribution is 2.44. The minimum absolute atomic E-state index is 0.109. The van der Waals surface area contributed by atoms with Crippen LogP contribution in [-0.4, -0.2) is 131 Å². The number of benzene rings is 2. The Balaban J connectivity index is 1.33. The molecule has 0 bridgehead atoms. The molecule has 0 saturated carbocycles. The molecule has 43 heavy (non-hydrogen) atoms. The largest absolute Gasteiger partial charge is 0.507 e. The summed E-state index contributed by atoms with van der Waals surface area (Å²) in [7, 11) is 0. The van der Waals surface area contributed by atoms with Gasteiger partial charge in [-0.3, -0.25) is 4.79 Å². The van der Waals surface area contributed by atoms with Gasteiger partial charge in [0.05, 0.1) is 19.6 Å². The van der Waals surface area contributed by atoms with Crippen LogP contribution in [0.2, 0.25) is 0 Å². The van der Waals surface area contributed by atoms with Crippen LogP contribution in [0.3, 0.4) is 0 Å². The third-order valence-corrected chi connectivity index (χ3v) is 7.52. The Morgan fingerprint density at radius 1 is 0.721 bits per heavy atom. The van der Waals surface area contributed by atoms with Gasteiger partial charge < -0.3 is 74.7 Å². The molecule has 10 N–H and O–H groups in total. The molecule has 0 aliphatic carbocycles. The first-order valence-corrected chi connectivity index (χ1v) is 13.3. The van der Waals surface area contributed by atoms with Gasteiger partial charge in [0.1, 0.15) is 77.7 Å². The van der Waals surface area contributed by atoms with Crippen molar-refractivity contribution in [1.82, 2.24) is 0 Å². The summed E-state index contributed by atoms with van der Waals surface area (Å²) in [5.41, 5.74) is 0.154. The van der Waals surface area contributed by atoms with Crippen LogP contribution in [-0.2, 0) is 9.47 Å². The molecular weight excluding hydrogens is 580 g/mol. The van der Waals surface area contributed by atoms with Crippen molar-refractivity contribution in [3.8, 4) is 28.7 Å². The number of carbonyl (C=O) groups is 1. The second-order valence-corrected chi connectivity index (χ2v) is 10.4. The van der Waals surface area contributed by atoms with Crippen LogP contribution >= 0.6 is 0 Å². The summed E-state index contributed by atoms with van der Waals surface area (Å²) >= 11 is 0. The Hall–Kier alpha value is -3.29. The fourth-order valence-corrected chi connectivity index (χ4v) is 5.09. The van der Waals surface area contributed by atoms with Crippen molar-refractivity contribution in [3.05, 3.63) is 41.5 Å². The van der Waals surface area contributed by atoms with Crippen molar-refractivity contribution in [2.45, 2.75) is 73.9 Å². The van der Waals surface area contributed by atoms with Gasteiger partial charge in [-0.05, 0) is 17.7 Å². The molecule has 0 amide bonds. The summed E-state index contributed by atoms with van der Waals surface area (Å²) in [4.78, 5) is 12.9. The van der Waals surface area contributed by atoms with E-state index in [1.807, 2.05) is 0 Å². The number of carbonyl (C=O) groups excluding carboxylic acids is 1. The predicted molar refractivity (Wildman–Crippen MR) is 137 cm³/mol. The number of aromatic hydroxyl groups is 2. The van der Waals surface area contributed by atoms with Crippen molar-refractivity contribution in [2.75, 3.05) is 13.2 Å². The molecule has 2 fully saturated rings. The third kappa shape index (κ3) is 5.94. The van der Waals surface area contributed by atoms with Crippen molar-refractivity contribution < 1.29 is 79.5 Å². The van der Waals surface area contributed by atoms with E-state index in [0.29, 0.717) is 5.56 Å². The van der Waals surface area contributed by atoms with Crippen LogP contribution in [0.25, 0.3) is 0 Å². The highest BCUT2D eigenvalue weighted by molar-refractivity contribution is 6.02. The van der Waals surface area contributed by atoms with Gasteiger partial charge in [-0.1, -0.05) is 6.07 Å². The van der Waals surface area contributed by atoms with Gasteiger partial charge in [-0.2, -0.15) is 0 Å². The molecule has 2 saturated heterocycles. The molecule has 16 nitrogen and oxygen atoms in total. The lowest BCUT2D eigenvalue weighted by atomic mass is 9.95. The maximum Gasteiger partial charge on any atom is 0.229 e. The van der Waals surface area contributed by atoms with Crippen LogP contribution in [0.15, 0.2) is 30.3 Å². The van der Waals surface area contributed by atoms with Crippen molar-refractivity contribution in [2.24, 2.45) is 0 Å². The second-order valence-electron chi connectivity index (χ2n) is 10.4. The fourth-order valence-electron chi connectivity index (χ4n) is 5.09. The molecule has 0 radical (unpaired) electrons. The summed E-state index contributed by atoms with van der Waals surface area (Å²) in [6, 6.07) is 6.24. The normalized spacial score (nSPS) is 36.0. The van der Waals surface area contributed by atoms with Gasteiger partial charge in [0.25, 0.3) is 0 Å². The van der Waals surface area contributed by atoms with E-state index < -0.39 is 98.0 Å². The van der Waals surface area contributed by atoms with Crippen molar-refractivity contribution in [3.63, 3.8) is 0 Å². The molecule has 11 atom stereocenters. The average molecular weight is 613 g/mol. The molecule has 16 heteroatoms. The maximum absolute atomic E-state index is 12.9. The molecule has 3 heterocycles. The van der Waals surface area contributed by atoms with E-state index >= 15 is 0 Å². The van der Waals surface area contributed by atoms with E-state index in [4.69, 9.17) is 23.7 Å². The van der Waals surface area contributed by atoms with E-state index in [1.165, 1.54) is 24.3 Å². The van der Waals surface area contributed by atoms with E-state index in [1.54, 1.807) is 0 Å². The van der Waals surface area contributed by atoms with Crippen molar-refractivity contribution in [1.29, 1.82) is 0 Å². The molecule has 11 unspecified atom stereocenters. The minimum atomic E-state index is -1.72. The number of aliphatic hydroxyl groups excluding tert-OH is 8. The molecular formula is C27H32O16. The second kappa shape index (κ2) is 12.4. The van der Waals surface area contributed by atoms with Gasteiger partial charge in [0, 0.05) is 12.1 Å². The van der Waals surface area contributed by atoms with Crippen LogP contribution in [0.4, 0.5) is 0 Å². The number of fused-ring (bicyclic) bond motifs is 1. The molecule has 3 aliphatic rings. The zero-order valence-corrected chi connectivity index (χ0v) is 22.3. The summed E-state index contributed by atoms with van der Waals surface area (Å²) in [5, 5.41) is 100. The first-order valence-electron chi connectivity index (χ1n) is 13.3. The predicted octanol–water partition coefficient (Wildman–Crippen LogP) is -2.84. The van der Waals surface area contributed by atoms with Crippen LogP contribution < -0.4 is 14.2 Å². The number of Topliss-reactive ketones (excluding diaryl/α,β-unsaturated/α-hetero) is 1. The van der Waals surface area contributed by atoms with Crippen LogP contribution in [0.1, 0.15) is 28.4 Å². The van der Waals surface area contributed by atoms with E-state index in [-0.39, 0.29) is 29.2 Å². The zero-order valence-electron chi connectivity index (χ0n) is 22.3. The molecule has 236 valence electrons. The molecule has 0 spiro atoms. The molecule has 3 aliphatic heterocycles. The van der Waals surface area contributed by atoms with Gasteiger partial charge in [-0.25, -0.2) is 0 Å². The lowest BCUT2D eigenvalue weighted by Gasteiger charge is -2.39. The van der Waals surface area contributed by atoms with Gasteiger partial charge in [0.2, 0.25) is 12.6 Å². The minimum Gasteiger partial charge on any atom is -0.507 e. The molecule has 2 aromatic rings. The van der Waals surface area contributed by atoms with Gasteiger partial charge in [-0.15, -0.1) is 0 Å². The van der Waals surface area contributed by atoms with Crippen LogP contribution in [0.5, 0.6) is 28.7 Å². The number of aliphatic hydroxyl groups is 8. The van der Waals surface area contributed by atoms with Crippen molar-refractivity contribution >= 4 is 5.78 Å². The Morgan fingerprint density at radius 2 is 1.30 bits per heavy atom. The number of phenols is 2. The molecule has 0 aromatic heterocycles. The van der Waals surface area contributed by atoms with E-state index in [0.717, 1.165) is 6.07 Å². The highest BCUT2D eigenvalue weighted by atomic mass is 16.7. The standard InChI is InChI=1S/C27H32O16/c28-7-17-20(33)22(35)24(37)26(42-17)39-10-4-12(31)19-13(32)6-15(40-16(19)5-10)9-1-2-14(11(30)3-9)41-27-25(38)23(36)21(34)18(8-29)43-27/h1-5,15,17-18,20-31,33-38H,6-8H2. The van der Waals surface area contributed by atoms with Gasteiger partial charge in [0.15, 0.2) is 17.3 Å².